The van der Waals surface area contributed by atoms with Crippen molar-refractivity contribution in [2.24, 2.45) is 0 Å². The number of amides is 1. The van der Waals surface area contributed by atoms with Gasteiger partial charge in [-0.25, -0.2) is 0 Å². The van der Waals surface area contributed by atoms with Crippen molar-refractivity contribution in [1.82, 2.24) is 9.47 Å². The third-order valence-electron chi connectivity index (χ3n) is 3.53. The van der Waals surface area contributed by atoms with Gasteiger partial charge in [0.25, 0.3) is 5.56 Å². The molecule has 2 aromatic rings. The number of aryl methyl sites for hydroxylation is 1. The fourth-order valence-corrected chi connectivity index (χ4v) is 2.51. The molecule has 1 aromatic heterocycles. The number of hydrogen-bond donors (Lipinski definition) is 0. The van der Waals surface area contributed by atoms with E-state index < -0.39 is 0 Å². The minimum atomic E-state index is -0.183. The minimum Gasteiger partial charge on any atom is -0.340 e. The number of likely N-dealkylation sites (N-methyl/N-ethyl adjacent to an activating group) is 1. The summed E-state index contributed by atoms with van der Waals surface area (Å²) in [5.41, 5.74) is 2.17. The first-order chi connectivity index (χ1) is 10.5. The van der Waals surface area contributed by atoms with Gasteiger partial charge in [0.1, 0.15) is 6.54 Å². The van der Waals surface area contributed by atoms with E-state index in [1.54, 1.807) is 24.2 Å². The maximum Gasteiger partial charge on any atom is 0.251 e. The summed E-state index contributed by atoms with van der Waals surface area (Å²) in [6.07, 6.45) is 2.63. The smallest absolute Gasteiger partial charge is 0.251 e. The zero-order valence-electron chi connectivity index (χ0n) is 12.8. The Labute approximate surface area is 138 Å². The van der Waals surface area contributed by atoms with Crippen LogP contribution in [0.4, 0.5) is 0 Å². The lowest BCUT2D eigenvalue weighted by molar-refractivity contribution is -0.131. The highest BCUT2D eigenvalue weighted by molar-refractivity contribution is 9.10. The fraction of sp³-hybridized carbons (Fsp3) is 0.294. The molecule has 0 fully saturated rings. The zero-order chi connectivity index (χ0) is 16.1. The predicted octanol–water partition coefficient (Wildman–Crippen LogP) is 2.83. The molecule has 0 aliphatic heterocycles. The first-order valence-corrected chi connectivity index (χ1v) is 7.96. The van der Waals surface area contributed by atoms with E-state index in [1.807, 2.05) is 12.1 Å². The van der Waals surface area contributed by atoms with Crippen molar-refractivity contribution in [3.8, 4) is 0 Å². The molecular formula is C17H19BrN2O2. The molecule has 1 heterocycles. The second kappa shape index (κ2) is 7.40. The molecule has 0 saturated heterocycles. The maximum atomic E-state index is 12.3. The van der Waals surface area contributed by atoms with Crippen molar-refractivity contribution in [3.63, 3.8) is 0 Å². The molecule has 22 heavy (non-hydrogen) atoms. The van der Waals surface area contributed by atoms with E-state index in [0.29, 0.717) is 6.54 Å². The number of nitrogens with zero attached hydrogens (tertiary/aromatic N) is 2. The lowest BCUT2D eigenvalue weighted by Gasteiger charge is -2.18. The van der Waals surface area contributed by atoms with Crippen LogP contribution in [-0.2, 0) is 24.3 Å². The average Bonchev–Trinajstić information content (AvgIpc) is 2.51. The van der Waals surface area contributed by atoms with E-state index in [2.05, 4.69) is 35.0 Å². The van der Waals surface area contributed by atoms with Crippen LogP contribution >= 0.6 is 15.9 Å². The highest BCUT2D eigenvalue weighted by Gasteiger charge is 2.11. The first-order valence-electron chi connectivity index (χ1n) is 7.17. The van der Waals surface area contributed by atoms with E-state index in [-0.39, 0.29) is 18.0 Å². The van der Waals surface area contributed by atoms with Crippen LogP contribution in [-0.4, -0.2) is 22.4 Å². The van der Waals surface area contributed by atoms with Gasteiger partial charge in [-0.05, 0) is 39.5 Å². The van der Waals surface area contributed by atoms with Crippen molar-refractivity contribution < 1.29 is 4.79 Å². The molecule has 0 radical (unpaired) electrons. The summed E-state index contributed by atoms with van der Waals surface area (Å²) in [6, 6.07) is 11.3. The molecular weight excluding hydrogens is 344 g/mol. The Kier molecular flexibility index (Phi) is 5.55. The lowest BCUT2D eigenvalue weighted by Crippen LogP contribution is -2.33. The van der Waals surface area contributed by atoms with Gasteiger partial charge in [0.05, 0.1) is 0 Å². The van der Waals surface area contributed by atoms with Crippen LogP contribution in [0.2, 0.25) is 0 Å². The number of benzene rings is 1. The Morgan fingerprint density at radius 1 is 1.14 bits per heavy atom. The summed E-state index contributed by atoms with van der Waals surface area (Å²) in [4.78, 5) is 25.6. The zero-order valence-corrected chi connectivity index (χ0v) is 14.3. The largest absolute Gasteiger partial charge is 0.340 e. The lowest BCUT2D eigenvalue weighted by atomic mass is 10.1. The van der Waals surface area contributed by atoms with Gasteiger partial charge < -0.3 is 9.47 Å². The Morgan fingerprint density at radius 2 is 1.77 bits per heavy atom. The molecule has 0 aliphatic rings. The third-order valence-corrected chi connectivity index (χ3v) is 4.00. The number of halogens is 1. The molecule has 1 amide bonds. The average molecular weight is 363 g/mol. The van der Waals surface area contributed by atoms with E-state index in [9.17, 15) is 9.59 Å². The van der Waals surface area contributed by atoms with Gasteiger partial charge in [0.15, 0.2) is 0 Å². The second-order valence-corrected chi connectivity index (χ2v) is 6.15. The summed E-state index contributed by atoms with van der Waals surface area (Å²) >= 11 is 3.31. The van der Waals surface area contributed by atoms with Crippen molar-refractivity contribution in [1.29, 1.82) is 0 Å². The Bertz CT molecular complexity index is 707. The number of pyridine rings is 1. The summed E-state index contributed by atoms with van der Waals surface area (Å²) in [6.45, 7) is 2.69. The molecule has 5 heteroatoms. The van der Waals surface area contributed by atoms with Crippen LogP contribution in [0.15, 0.2) is 51.9 Å². The number of hydrogen-bond acceptors (Lipinski definition) is 2. The molecule has 0 spiro atoms. The van der Waals surface area contributed by atoms with E-state index >= 15 is 0 Å². The molecule has 0 N–H and O–H groups in total. The highest BCUT2D eigenvalue weighted by atomic mass is 79.9. The van der Waals surface area contributed by atoms with Gasteiger partial charge in [0, 0.05) is 30.3 Å². The van der Waals surface area contributed by atoms with Gasteiger partial charge >= 0.3 is 0 Å². The van der Waals surface area contributed by atoms with Crippen molar-refractivity contribution in [2.45, 2.75) is 26.4 Å². The molecule has 116 valence electrons. The molecule has 0 bridgehead atoms. The summed E-state index contributed by atoms with van der Waals surface area (Å²) in [5, 5.41) is 0. The summed E-state index contributed by atoms with van der Waals surface area (Å²) in [5.74, 6) is -0.0974. The number of carbonyl (C=O) groups excluding carboxylic acids is 1. The third kappa shape index (κ3) is 4.31. The normalized spacial score (nSPS) is 10.5. The van der Waals surface area contributed by atoms with Crippen LogP contribution in [0.25, 0.3) is 0 Å². The molecule has 0 atom stereocenters. The molecule has 0 aliphatic carbocycles. The molecule has 4 nitrogen and oxygen atoms in total. The van der Waals surface area contributed by atoms with Crippen LogP contribution in [0.5, 0.6) is 0 Å². The fourth-order valence-electron chi connectivity index (χ4n) is 2.13. The van der Waals surface area contributed by atoms with Crippen molar-refractivity contribution in [2.75, 3.05) is 7.05 Å². The number of rotatable bonds is 5. The van der Waals surface area contributed by atoms with Crippen LogP contribution < -0.4 is 5.56 Å². The Balaban J connectivity index is 2.02. The van der Waals surface area contributed by atoms with E-state index in [0.717, 1.165) is 16.5 Å². The standard InChI is InChI=1S/C17H19BrN2O2/c1-3-13-4-6-14(7-5-13)10-19(2)17(22)12-20-11-15(18)8-9-16(20)21/h4-9,11H,3,10,12H2,1-2H3. The monoisotopic (exact) mass is 362 g/mol. The van der Waals surface area contributed by atoms with Gasteiger partial charge in [-0.1, -0.05) is 31.2 Å². The van der Waals surface area contributed by atoms with Crippen LogP contribution in [0.3, 0.4) is 0 Å². The Hall–Kier alpha value is -1.88. The highest BCUT2D eigenvalue weighted by Crippen LogP contribution is 2.08. The van der Waals surface area contributed by atoms with Crippen LogP contribution in [0.1, 0.15) is 18.1 Å². The molecule has 2 rings (SSSR count). The van der Waals surface area contributed by atoms with Crippen molar-refractivity contribution in [3.05, 3.63) is 68.5 Å². The summed E-state index contributed by atoms with van der Waals surface area (Å²) in [7, 11) is 1.75. The molecule has 1 aromatic carbocycles. The molecule has 0 unspecified atom stereocenters. The SMILES string of the molecule is CCc1ccc(CN(C)C(=O)Cn2cc(Br)ccc2=O)cc1. The van der Waals surface area contributed by atoms with Gasteiger partial charge in [-0.15, -0.1) is 0 Å². The van der Waals surface area contributed by atoms with Crippen molar-refractivity contribution >= 4 is 21.8 Å². The number of carbonyl (C=O) groups is 1. The Morgan fingerprint density at radius 3 is 2.41 bits per heavy atom. The van der Waals surface area contributed by atoms with E-state index in [1.165, 1.54) is 16.2 Å². The maximum absolute atomic E-state index is 12.3. The van der Waals surface area contributed by atoms with Gasteiger partial charge in [0.2, 0.25) is 5.91 Å². The van der Waals surface area contributed by atoms with Crippen LogP contribution in [0, 0.1) is 0 Å². The molecule has 0 saturated carbocycles. The number of aromatic nitrogens is 1. The topological polar surface area (TPSA) is 42.3 Å². The van der Waals surface area contributed by atoms with Gasteiger partial charge in [-0.2, -0.15) is 0 Å². The second-order valence-electron chi connectivity index (χ2n) is 5.23. The van der Waals surface area contributed by atoms with E-state index in [4.69, 9.17) is 0 Å². The quantitative estimate of drug-likeness (QED) is 0.820. The summed E-state index contributed by atoms with van der Waals surface area (Å²) < 4.78 is 2.18. The van der Waals surface area contributed by atoms with Gasteiger partial charge in [-0.3, -0.25) is 9.59 Å². The predicted molar refractivity (Wildman–Crippen MR) is 90.7 cm³/mol. The first kappa shape index (κ1) is 16.5. The minimum absolute atomic E-state index is 0.0435.